The second-order valence-electron chi connectivity index (χ2n) is 8.39. The van der Waals surface area contributed by atoms with Crippen molar-refractivity contribution in [3.05, 3.63) is 71.9 Å². The molecule has 8 nitrogen and oxygen atoms in total. The lowest BCUT2D eigenvalue weighted by atomic mass is 9.87. The number of rotatable bonds is 5. The molecule has 40 heavy (non-hydrogen) atoms. The number of hydrogen-bond acceptors (Lipinski definition) is 6. The van der Waals surface area contributed by atoms with Crippen LogP contribution in [-0.4, -0.2) is 82.3 Å². The van der Waals surface area contributed by atoms with Crippen molar-refractivity contribution < 1.29 is 56.0 Å². The number of aliphatic carboxylic acids is 2. The predicted molar refractivity (Wildman–Crippen MR) is 131 cm³/mol. The third kappa shape index (κ3) is 10.0. The van der Waals surface area contributed by atoms with Crippen molar-refractivity contribution in [1.82, 2.24) is 9.88 Å². The number of carboxylic acid groups (broad SMARTS) is 2. The van der Waals surface area contributed by atoms with Gasteiger partial charge in [-0.05, 0) is 24.6 Å². The normalized spacial score (nSPS) is 14.8. The fourth-order valence-corrected chi connectivity index (χ4v) is 3.75. The van der Waals surface area contributed by atoms with Gasteiger partial charge in [0.2, 0.25) is 0 Å². The lowest BCUT2D eigenvalue weighted by Crippen LogP contribution is -2.37. The first-order valence-electron chi connectivity index (χ1n) is 11.7. The molecule has 1 saturated heterocycles. The minimum atomic E-state index is -5.08. The van der Waals surface area contributed by atoms with Crippen LogP contribution in [0.2, 0.25) is 0 Å². The van der Waals surface area contributed by atoms with E-state index in [1.54, 1.807) is 6.20 Å². The average molecular weight is 576 g/mol. The van der Waals surface area contributed by atoms with E-state index in [2.05, 4.69) is 46.3 Å². The zero-order chi connectivity index (χ0) is 29.9. The molecule has 218 valence electrons. The minimum absolute atomic E-state index is 0.144. The molecular formula is C26H26F6N2O6. The van der Waals surface area contributed by atoms with Crippen molar-refractivity contribution in [2.24, 2.45) is 0 Å². The van der Waals surface area contributed by atoms with Crippen LogP contribution in [-0.2, 0) is 14.3 Å². The van der Waals surface area contributed by atoms with Gasteiger partial charge < -0.3 is 20.1 Å². The summed E-state index contributed by atoms with van der Waals surface area (Å²) in [5.74, 6) is -5.07. The van der Waals surface area contributed by atoms with Crippen molar-refractivity contribution in [2.75, 3.05) is 32.8 Å². The zero-order valence-electron chi connectivity index (χ0n) is 20.8. The van der Waals surface area contributed by atoms with E-state index in [1.165, 1.54) is 5.56 Å². The Bertz CT molecular complexity index is 1220. The number of aromatic nitrogens is 1. The van der Waals surface area contributed by atoms with E-state index in [9.17, 15) is 31.4 Å². The molecule has 1 aromatic heterocycles. The van der Waals surface area contributed by atoms with Crippen molar-refractivity contribution >= 4 is 22.8 Å². The zero-order valence-corrected chi connectivity index (χ0v) is 20.8. The lowest BCUT2D eigenvalue weighted by molar-refractivity contribution is -0.193. The van der Waals surface area contributed by atoms with Crippen molar-refractivity contribution in [2.45, 2.75) is 24.7 Å². The Labute approximate surface area is 224 Å². The Balaban J connectivity index is 0.000000333. The summed E-state index contributed by atoms with van der Waals surface area (Å²) in [6, 6.07) is 18.4. The number of morpholine rings is 1. The Morgan fingerprint density at radius 3 is 1.95 bits per heavy atom. The van der Waals surface area contributed by atoms with Gasteiger partial charge in [-0.3, -0.25) is 9.88 Å². The SMILES string of the molecule is O=C(O)C(F)(F)F.O=C(O)C(F)(F)F.Oc1c(C(CCN2CCOCC2)c2ccccc2)ccc2cccnc12. The van der Waals surface area contributed by atoms with E-state index < -0.39 is 24.3 Å². The van der Waals surface area contributed by atoms with Crippen molar-refractivity contribution in [1.29, 1.82) is 0 Å². The molecule has 0 spiro atoms. The lowest BCUT2D eigenvalue weighted by Gasteiger charge is -2.29. The van der Waals surface area contributed by atoms with Crippen LogP contribution < -0.4 is 0 Å². The summed E-state index contributed by atoms with van der Waals surface area (Å²) >= 11 is 0. The van der Waals surface area contributed by atoms with E-state index in [-0.39, 0.29) is 5.92 Å². The topological polar surface area (TPSA) is 120 Å². The molecular weight excluding hydrogens is 550 g/mol. The summed E-state index contributed by atoms with van der Waals surface area (Å²) in [6.45, 7) is 4.56. The highest BCUT2D eigenvalue weighted by atomic mass is 19.4. The number of pyridine rings is 1. The average Bonchev–Trinajstić information content (AvgIpc) is 2.91. The highest BCUT2D eigenvalue weighted by molar-refractivity contribution is 5.85. The number of benzene rings is 2. The van der Waals surface area contributed by atoms with Gasteiger partial charge in [0.05, 0.1) is 13.2 Å². The maximum Gasteiger partial charge on any atom is 0.490 e. The summed E-state index contributed by atoms with van der Waals surface area (Å²) in [6.07, 6.45) is -7.48. The van der Waals surface area contributed by atoms with Crippen molar-refractivity contribution in [3.63, 3.8) is 0 Å². The van der Waals surface area contributed by atoms with Gasteiger partial charge in [0.1, 0.15) is 11.3 Å². The van der Waals surface area contributed by atoms with Crippen LogP contribution in [0.15, 0.2) is 60.8 Å². The molecule has 3 aromatic rings. The molecule has 14 heteroatoms. The largest absolute Gasteiger partial charge is 0.505 e. The van der Waals surface area contributed by atoms with Crippen LogP contribution in [0, 0.1) is 0 Å². The van der Waals surface area contributed by atoms with Gasteiger partial charge in [0.15, 0.2) is 0 Å². The number of phenols is 1. The Kier molecular flexibility index (Phi) is 11.7. The standard InChI is InChI=1S/C22H24N2O2.2C2HF3O2/c25-22-20(9-8-18-7-4-11-23-21(18)22)19(17-5-2-1-3-6-17)10-12-24-13-15-26-16-14-24;2*3-2(4,5)1(6)7/h1-9,11,19,25H,10,12-16H2;2*(H,6,7). The molecule has 0 bridgehead atoms. The smallest absolute Gasteiger partial charge is 0.490 e. The van der Waals surface area contributed by atoms with Gasteiger partial charge >= 0.3 is 24.3 Å². The number of phenolic OH excluding ortho intramolecular Hbond substituents is 1. The monoisotopic (exact) mass is 576 g/mol. The number of fused-ring (bicyclic) bond motifs is 1. The van der Waals surface area contributed by atoms with Gasteiger partial charge in [-0.2, -0.15) is 26.3 Å². The fraction of sp³-hybridized carbons (Fsp3) is 0.346. The first kappa shape index (κ1) is 32.3. The summed E-state index contributed by atoms with van der Waals surface area (Å²) in [5.41, 5.74) is 2.86. The van der Waals surface area contributed by atoms with Gasteiger partial charge in [0.25, 0.3) is 0 Å². The summed E-state index contributed by atoms with van der Waals surface area (Å²) in [4.78, 5) is 24.6. The molecule has 3 N–H and O–H groups in total. The molecule has 4 rings (SSSR count). The molecule has 1 fully saturated rings. The number of halogens is 6. The molecule has 2 aromatic carbocycles. The molecule has 1 atom stereocenters. The maximum atomic E-state index is 10.9. The molecule has 0 saturated carbocycles. The van der Waals surface area contributed by atoms with Crippen LogP contribution in [0.25, 0.3) is 10.9 Å². The number of carbonyl (C=O) groups is 2. The number of aromatic hydroxyl groups is 1. The van der Waals surface area contributed by atoms with Crippen LogP contribution >= 0.6 is 0 Å². The fourth-order valence-electron chi connectivity index (χ4n) is 3.75. The molecule has 0 amide bonds. The Hall–Kier alpha value is -3.91. The Morgan fingerprint density at radius 1 is 0.875 bits per heavy atom. The third-order valence-electron chi connectivity index (χ3n) is 5.68. The van der Waals surface area contributed by atoms with E-state index in [4.69, 9.17) is 24.5 Å². The molecule has 1 unspecified atom stereocenters. The highest BCUT2D eigenvalue weighted by Crippen LogP contribution is 2.37. The predicted octanol–water partition coefficient (Wildman–Crippen LogP) is 5.06. The van der Waals surface area contributed by atoms with Gasteiger partial charge in [-0.1, -0.05) is 48.5 Å². The first-order chi connectivity index (χ1) is 18.7. The second kappa shape index (κ2) is 14.5. The van der Waals surface area contributed by atoms with Gasteiger partial charge in [-0.15, -0.1) is 0 Å². The minimum Gasteiger partial charge on any atom is -0.505 e. The summed E-state index contributed by atoms with van der Waals surface area (Å²) in [7, 11) is 0. The van der Waals surface area contributed by atoms with E-state index in [0.29, 0.717) is 11.3 Å². The highest BCUT2D eigenvalue weighted by Gasteiger charge is 2.38. The van der Waals surface area contributed by atoms with Gasteiger partial charge in [0, 0.05) is 36.2 Å². The summed E-state index contributed by atoms with van der Waals surface area (Å²) in [5, 5.41) is 26.1. The molecule has 0 aliphatic carbocycles. The molecule has 1 aliphatic heterocycles. The van der Waals surface area contributed by atoms with E-state index in [0.717, 1.165) is 50.2 Å². The van der Waals surface area contributed by atoms with Crippen LogP contribution in [0.1, 0.15) is 23.5 Å². The molecule has 2 heterocycles. The number of ether oxygens (including phenoxy) is 1. The number of hydrogen-bond donors (Lipinski definition) is 3. The second-order valence-corrected chi connectivity index (χ2v) is 8.39. The number of carboxylic acids is 2. The maximum absolute atomic E-state index is 10.9. The van der Waals surface area contributed by atoms with Crippen molar-refractivity contribution in [3.8, 4) is 5.75 Å². The Morgan fingerprint density at radius 2 is 1.43 bits per heavy atom. The van der Waals surface area contributed by atoms with Crippen LogP contribution in [0.5, 0.6) is 5.75 Å². The molecule has 0 radical (unpaired) electrons. The van der Waals surface area contributed by atoms with E-state index in [1.807, 2.05) is 18.2 Å². The third-order valence-corrected chi connectivity index (χ3v) is 5.68. The quantitative estimate of drug-likeness (QED) is 0.361. The summed E-state index contributed by atoms with van der Waals surface area (Å²) < 4.78 is 68.9. The number of nitrogens with zero attached hydrogens (tertiary/aromatic N) is 2. The first-order valence-corrected chi connectivity index (χ1v) is 11.7. The van der Waals surface area contributed by atoms with E-state index >= 15 is 0 Å². The number of alkyl halides is 6. The van der Waals surface area contributed by atoms with Gasteiger partial charge in [-0.25, -0.2) is 9.59 Å². The molecule has 1 aliphatic rings. The van der Waals surface area contributed by atoms with Crippen LogP contribution in [0.4, 0.5) is 26.3 Å². The van der Waals surface area contributed by atoms with Crippen LogP contribution in [0.3, 0.4) is 0 Å².